The number of morpholine rings is 1. The number of rotatable bonds is 4. The standard InChI is InChI=1S/C13H25BrN2O/c1-15-6-3-2-4-12(15)5-7-16-8-9-17-11-13(16)10-14/h12-13H,2-11H2,1H3. The molecule has 0 bridgehead atoms. The van der Waals surface area contributed by atoms with Gasteiger partial charge in [0.25, 0.3) is 0 Å². The van der Waals surface area contributed by atoms with Crippen molar-refractivity contribution in [3.63, 3.8) is 0 Å². The Morgan fingerprint density at radius 1 is 1.24 bits per heavy atom. The van der Waals surface area contributed by atoms with Crippen LogP contribution in [0.1, 0.15) is 25.7 Å². The number of alkyl halides is 1. The predicted molar refractivity (Wildman–Crippen MR) is 74.9 cm³/mol. The molecular weight excluding hydrogens is 280 g/mol. The number of hydrogen-bond acceptors (Lipinski definition) is 3. The molecule has 17 heavy (non-hydrogen) atoms. The summed E-state index contributed by atoms with van der Waals surface area (Å²) in [6.07, 6.45) is 5.51. The maximum atomic E-state index is 5.53. The molecule has 0 spiro atoms. The van der Waals surface area contributed by atoms with Crippen LogP contribution in [-0.4, -0.2) is 67.1 Å². The van der Waals surface area contributed by atoms with E-state index in [1.807, 2.05) is 0 Å². The third kappa shape index (κ3) is 3.91. The van der Waals surface area contributed by atoms with Crippen molar-refractivity contribution in [3.05, 3.63) is 0 Å². The number of ether oxygens (including phenoxy) is 1. The predicted octanol–water partition coefficient (Wildman–Crippen LogP) is 1.96. The number of hydrogen-bond donors (Lipinski definition) is 0. The molecule has 2 saturated heterocycles. The molecule has 0 aliphatic carbocycles. The van der Waals surface area contributed by atoms with Gasteiger partial charge in [-0.2, -0.15) is 0 Å². The molecule has 2 heterocycles. The van der Waals surface area contributed by atoms with Crippen LogP contribution in [0.15, 0.2) is 0 Å². The average Bonchev–Trinajstić information content (AvgIpc) is 2.38. The summed E-state index contributed by atoms with van der Waals surface area (Å²) in [4.78, 5) is 5.15. The maximum Gasteiger partial charge on any atom is 0.0630 e. The maximum absolute atomic E-state index is 5.53. The average molecular weight is 305 g/mol. The second-order valence-corrected chi connectivity index (χ2v) is 5.99. The summed E-state index contributed by atoms with van der Waals surface area (Å²) in [5.41, 5.74) is 0. The molecule has 2 aliphatic rings. The summed E-state index contributed by atoms with van der Waals surface area (Å²) in [7, 11) is 2.28. The lowest BCUT2D eigenvalue weighted by atomic mass is 9.99. The minimum absolute atomic E-state index is 0.581. The van der Waals surface area contributed by atoms with Crippen molar-refractivity contribution in [3.8, 4) is 0 Å². The van der Waals surface area contributed by atoms with Gasteiger partial charge in [-0.15, -0.1) is 0 Å². The number of nitrogens with zero attached hydrogens (tertiary/aromatic N) is 2. The molecule has 0 aromatic carbocycles. The molecule has 2 atom stereocenters. The van der Waals surface area contributed by atoms with E-state index < -0.39 is 0 Å². The Hall–Kier alpha value is 0.360. The SMILES string of the molecule is CN1CCCCC1CCN1CCOCC1CBr. The van der Waals surface area contributed by atoms with E-state index in [1.165, 1.54) is 38.8 Å². The summed E-state index contributed by atoms with van der Waals surface area (Å²) in [6.45, 7) is 5.42. The minimum atomic E-state index is 0.581. The smallest absolute Gasteiger partial charge is 0.0630 e. The zero-order valence-corrected chi connectivity index (χ0v) is 12.5. The van der Waals surface area contributed by atoms with E-state index in [4.69, 9.17) is 4.74 Å². The highest BCUT2D eigenvalue weighted by molar-refractivity contribution is 9.09. The first kappa shape index (κ1) is 13.8. The third-order valence-electron chi connectivity index (χ3n) is 4.20. The monoisotopic (exact) mass is 304 g/mol. The summed E-state index contributed by atoms with van der Waals surface area (Å²) < 4.78 is 5.53. The van der Waals surface area contributed by atoms with E-state index in [9.17, 15) is 0 Å². The van der Waals surface area contributed by atoms with Crippen LogP contribution in [0.2, 0.25) is 0 Å². The highest BCUT2D eigenvalue weighted by Gasteiger charge is 2.24. The van der Waals surface area contributed by atoms with Gasteiger partial charge in [0.1, 0.15) is 0 Å². The van der Waals surface area contributed by atoms with Crippen LogP contribution >= 0.6 is 15.9 Å². The molecule has 2 fully saturated rings. The van der Waals surface area contributed by atoms with Crippen molar-refractivity contribution in [1.29, 1.82) is 0 Å². The molecule has 0 aromatic heterocycles. The second-order valence-electron chi connectivity index (χ2n) is 5.34. The highest BCUT2D eigenvalue weighted by atomic mass is 79.9. The van der Waals surface area contributed by atoms with Crippen molar-refractivity contribution < 1.29 is 4.74 Å². The van der Waals surface area contributed by atoms with Gasteiger partial charge in [-0.05, 0) is 32.9 Å². The van der Waals surface area contributed by atoms with Crippen LogP contribution in [0.4, 0.5) is 0 Å². The normalized spacial score (nSPS) is 32.8. The quantitative estimate of drug-likeness (QED) is 0.739. The Morgan fingerprint density at radius 2 is 2.12 bits per heavy atom. The first-order valence-corrected chi connectivity index (χ1v) is 8.01. The van der Waals surface area contributed by atoms with Gasteiger partial charge in [0.2, 0.25) is 0 Å². The minimum Gasteiger partial charge on any atom is -0.378 e. The molecular formula is C13H25BrN2O. The zero-order chi connectivity index (χ0) is 12.1. The summed E-state index contributed by atoms with van der Waals surface area (Å²) in [5.74, 6) is 0. The van der Waals surface area contributed by atoms with Gasteiger partial charge in [0.05, 0.1) is 13.2 Å². The Bertz CT molecular complexity index is 227. The molecule has 3 nitrogen and oxygen atoms in total. The van der Waals surface area contributed by atoms with Crippen molar-refractivity contribution in [2.45, 2.75) is 37.8 Å². The molecule has 100 valence electrons. The Balaban J connectivity index is 1.75. The lowest BCUT2D eigenvalue weighted by molar-refractivity contribution is -0.00252. The van der Waals surface area contributed by atoms with Crippen molar-refractivity contribution in [2.75, 3.05) is 45.2 Å². The first-order valence-electron chi connectivity index (χ1n) is 6.89. The molecule has 0 saturated carbocycles. The molecule has 2 unspecified atom stereocenters. The van der Waals surface area contributed by atoms with Crippen molar-refractivity contribution >= 4 is 15.9 Å². The van der Waals surface area contributed by atoms with Gasteiger partial charge in [0.15, 0.2) is 0 Å². The fourth-order valence-electron chi connectivity index (χ4n) is 2.95. The zero-order valence-electron chi connectivity index (χ0n) is 10.9. The van der Waals surface area contributed by atoms with E-state index in [1.54, 1.807) is 0 Å². The lowest BCUT2D eigenvalue weighted by Crippen LogP contribution is -2.48. The van der Waals surface area contributed by atoms with Crippen LogP contribution in [0.5, 0.6) is 0 Å². The van der Waals surface area contributed by atoms with Crippen molar-refractivity contribution in [2.24, 2.45) is 0 Å². The molecule has 4 heteroatoms. The Kier molecular flexibility index (Phi) is 5.74. The highest BCUT2D eigenvalue weighted by Crippen LogP contribution is 2.19. The fraction of sp³-hybridized carbons (Fsp3) is 1.00. The molecule has 0 amide bonds. The fourth-order valence-corrected chi connectivity index (χ4v) is 3.55. The lowest BCUT2D eigenvalue weighted by Gasteiger charge is -2.38. The van der Waals surface area contributed by atoms with E-state index in [0.29, 0.717) is 6.04 Å². The Morgan fingerprint density at radius 3 is 2.88 bits per heavy atom. The number of likely N-dealkylation sites (tertiary alicyclic amines) is 1. The topological polar surface area (TPSA) is 15.7 Å². The molecule has 0 radical (unpaired) electrons. The first-order chi connectivity index (χ1) is 8.31. The van der Waals surface area contributed by atoms with Crippen LogP contribution in [-0.2, 0) is 4.74 Å². The van der Waals surface area contributed by atoms with Gasteiger partial charge < -0.3 is 9.64 Å². The number of piperidine rings is 1. The van der Waals surface area contributed by atoms with Gasteiger partial charge >= 0.3 is 0 Å². The summed E-state index contributed by atoms with van der Waals surface area (Å²) >= 11 is 3.60. The second kappa shape index (κ2) is 7.07. The van der Waals surface area contributed by atoms with Crippen LogP contribution in [0.3, 0.4) is 0 Å². The summed E-state index contributed by atoms with van der Waals surface area (Å²) in [5, 5.41) is 1.04. The van der Waals surface area contributed by atoms with Gasteiger partial charge in [-0.1, -0.05) is 22.4 Å². The van der Waals surface area contributed by atoms with Crippen molar-refractivity contribution in [1.82, 2.24) is 9.80 Å². The van der Waals surface area contributed by atoms with Gasteiger partial charge in [-0.3, -0.25) is 4.90 Å². The summed E-state index contributed by atoms with van der Waals surface area (Å²) in [6, 6.07) is 1.39. The van der Waals surface area contributed by atoms with Gasteiger partial charge in [-0.25, -0.2) is 0 Å². The van der Waals surface area contributed by atoms with Gasteiger partial charge in [0, 0.05) is 30.5 Å². The van der Waals surface area contributed by atoms with E-state index in [2.05, 4.69) is 32.8 Å². The Labute approximate surface area is 114 Å². The van der Waals surface area contributed by atoms with Crippen LogP contribution in [0, 0.1) is 0 Å². The molecule has 2 rings (SSSR count). The van der Waals surface area contributed by atoms with Crippen LogP contribution in [0.25, 0.3) is 0 Å². The van der Waals surface area contributed by atoms with Crippen LogP contribution < -0.4 is 0 Å². The van der Waals surface area contributed by atoms with E-state index in [-0.39, 0.29) is 0 Å². The number of halogens is 1. The van der Waals surface area contributed by atoms with E-state index >= 15 is 0 Å². The van der Waals surface area contributed by atoms with E-state index in [0.717, 1.165) is 31.1 Å². The molecule has 0 aromatic rings. The molecule has 0 N–H and O–H groups in total. The largest absolute Gasteiger partial charge is 0.378 e. The molecule has 2 aliphatic heterocycles. The third-order valence-corrected chi connectivity index (χ3v) is 4.95.